The van der Waals surface area contributed by atoms with Gasteiger partial charge in [0.05, 0.1) is 0 Å². The number of nitrogens with zero attached hydrogens (tertiary/aromatic N) is 1. The summed E-state index contributed by atoms with van der Waals surface area (Å²) in [5, 5.41) is 0. The summed E-state index contributed by atoms with van der Waals surface area (Å²) in [5.41, 5.74) is 1.19. The molecule has 0 bridgehead atoms. The Labute approximate surface area is 168 Å². The van der Waals surface area contributed by atoms with Gasteiger partial charge in [-0.15, -0.1) is 0 Å². The highest BCUT2D eigenvalue weighted by molar-refractivity contribution is 9.11. The largest absolute Gasteiger partial charge is 0.452 e. The molecule has 7 heteroatoms. The van der Waals surface area contributed by atoms with Gasteiger partial charge in [-0.1, -0.05) is 15.9 Å². The zero-order valence-corrected chi connectivity index (χ0v) is 17.6. The molecule has 3 rings (SSSR count). The number of hydrogen-bond acceptors (Lipinski definition) is 5. The molecule has 0 aromatic carbocycles. The summed E-state index contributed by atoms with van der Waals surface area (Å²) in [7, 11) is 0. The lowest BCUT2D eigenvalue weighted by molar-refractivity contribution is -0.159. The maximum Gasteiger partial charge on any atom is 0.411 e. The number of carbonyl (C=O) groups is 3. The van der Waals surface area contributed by atoms with E-state index in [2.05, 4.69) is 15.9 Å². The van der Waals surface area contributed by atoms with Gasteiger partial charge in [-0.05, 0) is 75.4 Å². The summed E-state index contributed by atoms with van der Waals surface area (Å²) in [4.78, 5) is 39.2. The van der Waals surface area contributed by atoms with Crippen molar-refractivity contribution in [1.82, 2.24) is 4.90 Å². The van der Waals surface area contributed by atoms with Crippen LogP contribution in [0.25, 0.3) is 0 Å². The maximum atomic E-state index is 12.7. The van der Waals surface area contributed by atoms with Crippen LogP contribution in [-0.2, 0) is 19.1 Å². The second kappa shape index (κ2) is 7.78. The highest BCUT2D eigenvalue weighted by atomic mass is 79.9. The molecule has 148 valence electrons. The van der Waals surface area contributed by atoms with E-state index in [-0.39, 0.29) is 5.78 Å². The highest BCUT2D eigenvalue weighted by Gasteiger charge is 2.40. The molecule has 27 heavy (non-hydrogen) atoms. The van der Waals surface area contributed by atoms with Gasteiger partial charge < -0.3 is 9.47 Å². The third-order valence-electron chi connectivity index (χ3n) is 5.01. The first-order chi connectivity index (χ1) is 12.7. The average molecular weight is 440 g/mol. The third-order valence-corrected chi connectivity index (χ3v) is 5.63. The van der Waals surface area contributed by atoms with Gasteiger partial charge in [0.25, 0.3) is 0 Å². The normalized spacial score (nSPS) is 25.9. The van der Waals surface area contributed by atoms with Gasteiger partial charge in [-0.2, -0.15) is 0 Å². The van der Waals surface area contributed by atoms with Crippen molar-refractivity contribution in [2.45, 2.75) is 77.0 Å². The van der Waals surface area contributed by atoms with Crippen molar-refractivity contribution in [3.05, 3.63) is 21.7 Å². The standard InChI is InChI=1S/C20H26BrNO5/c1-20(2,3)27-19(25)22-10-4-5-15(22)18(24)26-16-9-6-12-11-13(21)7-8-14(12)17(16)23/h11,15-16H,4-10H2,1-3H3/t15-,16?/m0/s1. The molecule has 1 unspecified atom stereocenters. The summed E-state index contributed by atoms with van der Waals surface area (Å²) in [6.07, 6.45) is 4.66. The van der Waals surface area contributed by atoms with Crippen LogP contribution in [0, 0.1) is 0 Å². The lowest BCUT2D eigenvalue weighted by atomic mass is 9.83. The van der Waals surface area contributed by atoms with Crippen molar-refractivity contribution >= 4 is 33.8 Å². The van der Waals surface area contributed by atoms with E-state index >= 15 is 0 Å². The molecule has 1 fully saturated rings. The minimum absolute atomic E-state index is 0.0948. The molecule has 3 aliphatic rings. The molecular formula is C20H26BrNO5. The van der Waals surface area contributed by atoms with Crippen LogP contribution in [0.4, 0.5) is 4.79 Å². The summed E-state index contributed by atoms with van der Waals surface area (Å²) in [6.45, 7) is 5.83. The van der Waals surface area contributed by atoms with Crippen LogP contribution in [0.2, 0.25) is 0 Å². The van der Waals surface area contributed by atoms with Crippen LogP contribution >= 0.6 is 15.9 Å². The molecule has 0 aromatic heterocycles. The summed E-state index contributed by atoms with van der Waals surface area (Å²) in [5.74, 6) is -0.601. The van der Waals surface area contributed by atoms with E-state index in [1.807, 2.05) is 6.08 Å². The second-order valence-electron chi connectivity index (χ2n) is 8.26. The van der Waals surface area contributed by atoms with E-state index in [0.29, 0.717) is 38.6 Å². The number of ether oxygens (including phenoxy) is 2. The van der Waals surface area contributed by atoms with Crippen LogP contribution < -0.4 is 0 Å². The van der Waals surface area contributed by atoms with Crippen molar-refractivity contribution in [3.63, 3.8) is 0 Å². The van der Waals surface area contributed by atoms with Crippen molar-refractivity contribution in [3.8, 4) is 0 Å². The number of allylic oxidation sites excluding steroid dienone is 3. The quantitative estimate of drug-likeness (QED) is 0.607. The van der Waals surface area contributed by atoms with Crippen LogP contribution in [0.3, 0.4) is 0 Å². The predicted octanol–water partition coefficient (Wildman–Crippen LogP) is 4.03. The van der Waals surface area contributed by atoms with Gasteiger partial charge in [0.15, 0.2) is 11.9 Å². The Morgan fingerprint density at radius 1 is 1.19 bits per heavy atom. The minimum atomic E-state index is -0.748. The van der Waals surface area contributed by atoms with E-state index in [0.717, 1.165) is 22.0 Å². The van der Waals surface area contributed by atoms with E-state index in [1.165, 1.54) is 4.90 Å². The van der Waals surface area contributed by atoms with Gasteiger partial charge >= 0.3 is 12.1 Å². The second-order valence-corrected chi connectivity index (χ2v) is 9.27. The molecule has 0 N–H and O–H groups in total. The van der Waals surface area contributed by atoms with E-state index in [9.17, 15) is 14.4 Å². The molecule has 1 heterocycles. The number of Topliss-reactive ketones (excluding diaryl/α,β-unsaturated/α-hetero) is 1. The van der Waals surface area contributed by atoms with E-state index < -0.39 is 29.8 Å². The first-order valence-corrected chi connectivity index (χ1v) is 10.3. The summed E-state index contributed by atoms with van der Waals surface area (Å²) < 4.78 is 12.1. The maximum absolute atomic E-state index is 12.7. The van der Waals surface area contributed by atoms with Gasteiger partial charge in [-0.25, -0.2) is 9.59 Å². The molecule has 0 saturated carbocycles. The topological polar surface area (TPSA) is 72.9 Å². The molecule has 0 aromatic rings. The lowest BCUT2D eigenvalue weighted by Crippen LogP contribution is -2.46. The molecule has 1 aliphatic heterocycles. The van der Waals surface area contributed by atoms with Gasteiger partial charge in [0.2, 0.25) is 0 Å². The Balaban J connectivity index is 1.65. The van der Waals surface area contributed by atoms with E-state index in [4.69, 9.17) is 9.47 Å². The smallest absolute Gasteiger partial charge is 0.411 e. The third kappa shape index (κ3) is 4.62. The number of rotatable bonds is 2. The first kappa shape index (κ1) is 20.1. The fraction of sp³-hybridized carbons (Fsp3) is 0.650. The first-order valence-electron chi connectivity index (χ1n) is 9.48. The number of halogens is 1. The van der Waals surface area contributed by atoms with Crippen LogP contribution in [0.5, 0.6) is 0 Å². The summed E-state index contributed by atoms with van der Waals surface area (Å²) >= 11 is 3.49. The molecule has 1 amide bonds. The zero-order chi connectivity index (χ0) is 19.8. The SMILES string of the molecule is CC(C)(C)OC(=O)N1CCC[C@H]1C(=O)OC1CCC2=C(CCC(Br)=C2)C1=O. The molecule has 0 spiro atoms. The zero-order valence-electron chi connectivity index (χ0n) is 16.0. The number of likely N-dealkylation sites (tertiary alicyclic amines) is 1. The molecule has 0 radical (unpaired) electrons. The van der Waals surface area contributed by atoms with Gasteiger partial charge in [0, 0.05) is 12.1 Å². The molecule has 2 atom stereocenters. The molecule has 1 saturated heterocycles. The fourth-order valence-electron chi connectivity index (χ4n) is 3.75. The number of hydrogen-bond donors (Lipinski definition) is 0. The number of carbonyl (C=O) groups excluding carboxylic acids is 3. The minimum Gasteiger partial charge on any atom is -0.452 e. The Kier molecular flexibility index (Phi) is 5.79. The number of esters is 1. The Morgan fingerprint density at radius 3 is 2.63 bits per heavy atom. The van der Waals surface area contributed by atoms with Crippen molar-refractivity contribution in [2.75, 3.05) is 6.54 Å². The average Bonchev–Trinajstić information content (AvgIpc) is 3.06. The van der Waals surface area contributed by atoms with Crippen molar-refractivity contribution in [2.24, 2.45) is 0 Å². The molecule has 6 nitrogen and oxygen atoms in total. The van der Waals surface area contributed by atoms with E-state index in [1.54, 1.807) is 20.8 Å². The predicted molar refractivity (Wildman–Crippen MR) is 103 cm³/mol. The Hall–Kier alpha value is -1.63. The van der Waals surface area contributed by atoms with Gasteiger partial charge in [0.1, 0.15) is 11.6 Å². The van der Waals surface area contributed by atoms with Gasteiger partial charge in [-0.3, -0.25) is 9.69 Å². The Morgan fingerprint density at radius 2 is 1.93 bits per heavy atom. The lowest BCUT2D eigenvalue weighted by Gasteiger charge is -2.30. The Bertz CT molecular complexity index is 718. The molecule has 2 aliphatic carbocycles. The van der Waals surface area contributed by atoms with Crippen LogP contribution in [-0.4, -0.2) is 47.0 Å². The summed E-state index contributed by atoms with van der Waals surface area (Å²) in [6, 6.07) is -0.677. The van der Waals surface area contributed by atoms with Crippen LogP contribution in [0.15, 0.2) is 21.7 Å². The van der Waals surface area contributed by atoms with Crippen LogP contribution in [0.1, 0.15) is 59.3 Å². The monoisotopic (exact) mass is 439 g/mol. The number of amides is 1. The molecular weight excluding hydrogens is 414 g/mol. The highest BCUT2D eigenvalue weighted by Crippen LogP contribution is 2.35. The van der Waals surface area contributed by atoms with Crippen molar-refractivity contribution < 1.29 is 23.9 Å². The van der Waals surface area contributed by atoms with Crippen molar-refractivity contribution in [1.29, 1.82) is 0 Å². The number of ketones is 1. The fourth-order valence-corrected chi connectivity index (χ4v) is 4.23.